The molecule has 1 aromatic rings. The third kappa shape index (κ3) is 3.24. The molecule has 4 heteroatoms. The lowest BCUT2D eigenvalue weighted by molar-refractivity contribution is -0.117. The van der Waals surface area contributed by atoms with Gasteiger partial charge in [0.1, 0.15) is 5.75 Å². The van der Waals surface area contributed by atoms with E-state index < -0.39 is 0 Å². The molecule has 16 heavy (non-hydrogen) atoms. The Morgan fingerprint density at radius 1 is 1.44 bits per heavy atom. The zero-order valence-electron chi connectivity index (χ0n) is 9.96. The van der Waals surface area contributed by atoms with Gasteiger partial charge in [0, 0.05) is 12.1 Å². The fraction of sp³-hybridized carbons (Fsp3) is 0.417. The minimum atomic E-state index is -0.358. The Bertz CT molecular complexity index is 389. The van der Waals surface area contributed by atoms with Gasteiger partial charge in [-0.1, -0.05) is 6.07 Å². The van der Waals surface area contributed by atoms with Gasteiger partial charge < -0.3 is 15.8 Å². The molecule has 0 atom stereocenters. The molecule has 0 saturated heterocycles. The lowest BCUT2D eigenvalue weighted by Gasteiger charge is -2.13. The predicted octanol–water partition coefficient (Wildman–Crippen LogP) is 0.887. The van der Waals surface area contributed by atoms with E-state index in [1.807, 2.05) is 19.9 Å². The summed E-state index contributed by atoms with van der Waals surface area (Å²) in [6.45, 7) is 4.81. The van der Waals surface area contributed by atoms with E-state index in [0.29, 0.717) is 6.54 Å². The Morgan fingerprint density at radius 3 is 2.69 bits per heavy atom. The van der Waals surface area contributed by atoms with Crippen LogP contribution in [0.2, 0.25) is 0 Å². The van der Waals surface area contributed by atoms with E-state index in [0.717, 1.165) is 22.4 Å². The summed E-state index contributed by atoms with van der Waals surface area (Å²) in [5.41, 5.74) is 8.43. The summed E-state index contributed by atoms with van der Waals surface area (Å²) < 4.78 is 5.31. The molecule has 0 aliphatic carbocycles. The quantitative estimate of drug-likeness (QED) is 0.777. The maximum Gasteiger partial charge on any atom is 0.231 e. The van der Waals surface area contributed by atoms with Crippen LogP contribution in [0, 0.1) is 13.8 Å². The van der Waals surface area contributed by atoms with Crippen LogP contribution in [0.4, 0.5) is 0 Å². The van der Waals surface area contributed by atoms with Crippen molar-refractivity contribution in [3.63, 3.8) is 0 Å². The largest absolute Gasteiger partial charge is 0.496 e. The number of amides is 1. The Balaban J connectivity index is 2.81. The van der Waals surface area contributed by atoms with E-state index in [2.05, 4.69) is 11.4 Å². The molecular weight excluding hydrogens is 204 g/mol. The molecule has 4 nitrogen and oxygen atoms in total. The molecule has 0 heterocycles. The van der Waals surface area contributed by atoms with Crippen LogP contribution in [0.1, 0.15) is 16.7 Å². The first-order valence-corrected chi connectivity index (χ1v) is 5.17. The standard InChI is InChI=1S/C12H18N2O2/c1-8-4-9(2)10(11(5-8)16-3)6-14-7-12(13)15/h4-5,14H,6-7H2,1-3H3,(H2,13,15). The molecule has 88 valence electrons. The number of rotatable bonds is 5. The summed E-state index contributed by atoms with van der Waals surface area (Å²) >= 11 is 0. The van der Waals surface area contributed by atoms with Crippen LogP contribution in [0.25, 0.3) is 0 Å². The van der Waals surface area contributed by atoms with Crippen LogP contribution in [-0.4, -0.2) is 19.6 Å². The van der Waals surface area contributed by atoms with Gasteiger partial charge in [-0.2, -0.15) is 0 Å². The number of benzene rings is 1. The number of hydrogen-bond donors (Lipinski definition) is 2. The second-order valence-electron chi connectivity index (χ2n) is 3.83. The second kappa shape index (κ2) is 5.51. The molecule has 0 aromatic heterocycles. The highest BCUT2D eigenvalue weighted by Gasteiger charge is 2.07. The van der Waals surface area contributed by atoms with E-state index in [9.17, 15) is 4.79 Å². The second-order valence-corrected chi connectivity index (χ2v) is 3.83. The molecule has 0 aliphatic rings. The molecule has 3 N–H and O–H groups in total. The molecule has 0 unspecified atom stereocenters. The van der Waals surface area contributed by atoms with Crippen molar-refractivity contribution in [2.24, 2.45) is 5.73 Å². The minimum Gasteiger partial charge on any atom is -0.496 e. The normalized spacial score (nSPS) is 10.2. The first-order chi connectivity index (χ1) is 7.54. The lowest BCUT2D eigenvalue weighted by Crippen LogP contribution is -2.28. The Hall–Kier alpha value is -1.55. The van der Waals surface area contributed by atoms with Crippen molar-refractivity contribution < 1.29 is 9.53 Å². The van der Waals surface area contributed by atoms with Gasteiger partial charge in [-0.3, -0.25) is 4.79 Å². The van der Waals surface area contributed by atoms with Crippen molar-refractivity contribution in [1.82, 2.24) is 5.32 Å². The molecule has 0 saturated carbocycles. The van der Waals surface area contributed by atoms with Crippen molar-refractivity contribution in [3.8, 4) is 5.75 Å². The highest BCUT2D eigenvalue weighted by molar-refractivity contribution is 5.75. The summed E-state index contributed by atoms with van der Waals surface area (Å²) in [4.78, 5) is 10.6. The molecule has 1 rings (SSSR count). The first-order valence-electron chi connectivity index (χ1n) is 5.17. The van der Waals surface area contributed by atoms with Crippen LogP contribution in [0.5, 0.6) is 5.75 Å². The van der Waals surface area contributed by atoms with Gasteiger partial charge in [0.2, 0.25) is 5.91 Å². The van der Waals surface area contributed by atoms with Gasteiger partial charge in [0.15, 0.2) is 0 Å². The first kappa shape index (κ1) is 12.5. The number of ether oxygens (including phenoxy) is 1. The predicted molar refractivity (Wildman–Crippen MR) is 63.4 cm³/mol. The number of nitrogens with one attached hydrogen (secondary N) is 1. The Morgan fingerprint density at radius 2 is 2.12 bits per heavy atom. The van der Waals surface area contributed by atoms with Crippen LogP contribution >= 0.6 is 0 Å². The average Bonchev–Trinajstić information content (AvgIpc) is 2.20. The van der Waals surface area contributed by atoms with Gasteiger partial charge in [0.25, 0.3) is 0 Å². The monoisotopic (exact) mass is 222 g/mol. The molecule has 0 spiro atoms. The molecule has 0 bridgehead atoms. The number of methoxy groups -OCH3 is 1. The molecular formula is C12H18N2O2. The van der Waals surface area contributed by atoms with Crippen molar-refractivity contribution in [2.45, 2.75) is 20.4 Å². The molecule has 1 aromatic carbocycles. The van der Waals surface area contributed by atoms with Crippen LogP contribution < -0.4 is 15.8 Å². The number of carbonyl (C=O) groups is 1. The lowest BCUT2D eigenvalue weighted by atomic mass is 10.0. The van der Waals surface area contributed by atoms with E-state index in [1.54, 1.807) is 7.11 Å². The average molecular weight is 222 g/mol. The molecule has 0 radical (unpaired) electrons. The number of primary amides is 1. The van der Waals surface area contributed by atoms with Crippen LogP contribution in [0.3, 0.4) is 0 Å². The summed E-state index contributed by atoms with van der Waals surface area (Å²) in [5.74, 6) is 0.484. The maximum atomic E-state index is 10.6. The van der Waals surface area contributed by atoms with Gasteiger partial charge in [-0.05, 0) is 31.0 Å². The third-order valence-electron chi connectivity index (χ3n) is 2.40. The Labute approximate surface area is 95.8 Å². The summed E-state index contributed by atoms with van der Waals surface area (Å²) in [5, 5.41) is 2.98. The number of nitrogens with two attached hydrogens (primary N) is 1. The van der Waals surface area contributed by atoms with E-state index >= 15 is 0 Å². The van der Waals surface area contributed by atoms with Gasteiger partial charge >= 0.3 is 0 Å². The zero-order valence-corrected chi connectivity index (χ0v) is 9.96. The molecule has 1 amide bonds. The van der Waals surface area contributed by atoms with E-state index in [-0.39, 0.29) is 12.5 Å². The van der Waals surface area contributed by atoms with E-state index in [1.165, 1.54) is 0 Å². The van der Waals surface area contributed by atoms with Crippen molar-refractivity contribution >= 4 is 5.91 Å². The van der Waals surface area contributed by atoms with Gasteiger partial charge in [0.05, 0.1) is 13.7 Å². The van der Waals surface area contributed by atoms with E-state index in [4.69, 9.17) is 10.5 Å². The Kier molecular flexibility index (Phi) is 4.31. The van der Waals surface area contributed by atoms with Crippen molar-refractivity contribution in [3.05, 3.63) is 28.8 Å². The van der Waals surface area contributed by atoms with Gasteiger partial charge in [-0.15, -0.1) is 0 Å². The van der Waals surface area contributed by atoms with Crippen LogP contribution in [-0.2, 0) is 11.3 Å². The third-order valence-corrected chi connectivity index (χ3v) is 2.40. The maximum absolute atomic E-state index is 10.6. The SMILES string of the molecule is COc1cc(C)cc(C)c1CNCC(N)=O. The summed E-state index contributed by atoms with van der Waals surface area (Å²) in [6, 6.07) is 4.07. The number of hydrogen-bond acceptors (Lipinski definition) is 3. The minimum absolute atomic E-state index is 0.177. The highest BCUT2D eigenvalue weighted by atomic mass is 16.5. The molecule has 0 fully saturated rings. The molecule has 0 aliphatic heterocycles. The fourth-order valence-electron chi connectivity index (χ4n) is 1.68. The highest BCUT2D eigenvalue weighted by Crippen LogP contribution is 2.23. The van der Waals surface area contributed by atoms with Crippen molar-refractivity contribution in [2.75, 3.05) is 13.7 Å². The smallest absolute Gasteiger partial charge is 0.231 e. The zero-order chi connectivity index (χ0) is 12.1. The summed E-state index contributed by atoms with van der Waals surface area (Å²) in [7, 11) is 1.64. The summed E-state index contributed by atoms with van der Waals surface area (Å²) in [6.07, 6.45) is 0. The number of carbonyl (C=O) groups excluding carboxylic acids is 1. The van der Waals surface area contributed by atoms with Gasteiger partial charge in [-0.25, -0.2) is 0 Å². The topological polar surface area (TPSA) is 64.3 Å². The number of aryl methyl sites for hydroxylation is 2. The fourth-order valence-corrected chi connectivity index (χ4v) is 1.68. The van der Waals surface area contributed by atoms with Crippen molar-refractivity contribution in [1.29, 1.82) is 0 Å². The van der Waals surface area contributed by atoms with Crippen LogP contribution in [0.15, 0.2) is 12.1 Å².